The van der Waals surface area contributed by atoms with E-state index in [1.165, 1.54) is 0 Å². The second-order valence-corrected chi connectivity index (χ2v) is 4.52. The number of rotatable bonds is 4. The second kappa shape index (κ2) is 2.91. The fourth-order valence-electron chi connectivity index (χ4n) is 1.86. The third kappa shape index (κ3) is 2.39. The zero-order chi connectivity index (χ0) is 9.53. The summed E-state index contributed by atoms with van der Waals surface area (Å²) in [5.74, 6) is -2.31. The molecule has 0 spiro atoms. The molecule has 0 heterocycles. The van der Waals surface area contributed by atoms with Crippen molar-refractivity contribution in [3.63, 3.8) is 0 Å². The van der Waals surface area contributed by atoms with Crippen LogP contribution in [0.25, 0.3) is 0 Å². The van der Waals surface area contributed by atoms with E-state index in [-0.39, 0.29) is 18.8 Å². The third-order valence-electron chi connectivity index (χ3n) is 3.06. The van der Waals surface area contributed by atoms with Gasteiger partial charge in [0.05, 0.1) is 5.60 Å². The molecule has 13 heavy (non-hydrogen) atoms. The van der Waals surface area contributed by atoms with Gasteiger partial charge in [-0.05, 0) is 38.0 Å². The van der Waals surface area contributed by atoms with Gasteiger partial charge < -0.3 is 5.11 Å². The molecule has 2 saturated carbocycles. The van der Waals surface area contributed by atoms with Gasteiger partial charge in [0.25, 0.3) is 0 Å². The Bertz CT molecular complexity index is 191. The highest BCUT2D eigenvalue weighted by molar-refractivity contribution is 4.98. The summed E-state index contributed by atoms with van der Waals surface area (Å²) in [6, 6.07) is 0. The Morgan fingerprint density at radius 1 is 1.31 bits per heavy atom. The maximum atomic E-state index is 12.4. The molecule has 75 valence electrons. The third-order valence-corrected chi connectivity index (χ3v) is 3.06. The first-order valence-corrected chi connectivity index (χ1v) is 4.93. The molecule has 1 nitrogen and oxygen atoms in total. The molecule has 1 radical (unpaired) electrons. The molecule has 2 aliphatic carbocycles. The van der Waals surface area contributed by atoms with Crippen LogP contribution in [0.2, 0.25) is 0 Å². The van der Waals surface area contributed by atoms with E-state index in [0.717, 1.165) is 25.7 Å². The van der Waals surface area contributed by atoms with Crippen molar-refractivity contribution in [1.29, 1.82) is 0 Å². The average Bonchev–Trinajstić information content (AvgIpc) is 2.64. The number of hydrogen-bond acceptors (Lipinski definition) is 1. The van der Waals surface area contributed by atoms with Gasteiger partial charge in [0.2, 0.25) is 5.92 Å². The van der Waals surface area contributed by atoms with E-state index in [1.807, 2.05) is 6.42 Å². The lowest BCUT2D eigenvalue weighted by molar-refractivity contribution is -0.101. The molecule has 2 fully saturated rings. The second-order valence-electron chi connectivity index (χ2n) is 4.52. The largest absolute Gasteiger partial charge is 0.390 e. The van der Waals surface area contributed by atoms with Crippen LogP contribution in [0.15, 0.2) is 0 Å². The van der Waals surface area contributed by atoms with Gasteiger partial charge in [-0.25, -0.2) is 8.78 Å². The first-order valence-electron chi connectivity index (χ1n) is 4.93. The van der Waals surface area contributed by atoms with Crippen LogP contribution in [0.1, 0.15) is 38.5 Å². The molecule has 0 bridgehead atoms. The molecule has 0 aromatic rings. The lowest BCUT2D eigenvalue weighted by Gasteiger charge is -2.34. The molecule has 3 heteroatoms. The molecule has 0 saturated heterocycles. The lowest BCUT2D eigenvalue weighted by Crippen LogP contribution is -2.35. The molecule has 0 aromatic heterocycles. The smallest absolute Gasteiger partial charge is 0.248 e. The summed E-state index contributed by atoms with van der Waals surface area (Å²) < 4.78 is 24.8. The maximum Gasteiger partial charge on any atom is 0.248 e. The molecular weight excluding hydrogens is 174 g/mol. The molecule has 0 aromatic carbocycles. The Morgan fingerprint density at radius 3 is 2.38 bits per heavy atom. The zero-order valence-corrected chi connectivity index (χ0v) is 7.60. The fraction of sp³-hybridized carbons (Fsp3) is 0.900. The SMILES string of the molecule is OC1(CC[CH]C2CC(F)(F)C2)CC1. The van der Waals surface area contributed by atoms with E-state index in [2.05, 4.69) is 0 Å². The average molecular weight is 189 g/mol. The minimum atomic E-state index is -2.41. The van der Waals surface area contributed by atoms with E-state index < -0.39 is 11.5 Å². The first-order chi connectivity index (χ1) is 5.99. The van der Waals surface area contributed by atoms with Crippen LogP contribution < -0.4 is 0 Å². The van der Waals surface area contributed by atoms with Crippen LogP contribution in [-0.4, -0.2) is 16.6 Å². The molecule has 0 amide bonds. The van der Waals surface area contributed by atoms with Crippen molar-refractivity contribution in [3.8, 4) is 0 Å². The molecule has 2 rings (SSSR count). The Labute approximate surface area is 77.1 Å². The molecular formula is C10H15F2O. The predicted octanol–water partition coefficient (Wildman–Crippen LogP) is 2.54. The Hall–Kier alpha value is -0.180. The Balaban J connectivity index is 1.55. The molecule has 1 N–H and O–H groups in total. The summed E-state index contributed by atoms with van der Waals surface area (Å²) >= 11 is 0. The summed E-state index contributed by atoms with van der Waals surface area (Å²) in [6.45, 7) is 0. The fourth-order valence-corrected chi connectivity index (χ4v) is 1.86. The first kappa shape index (κ1) is 9.38. The summed E-state index contributed by atoms with van der Waals surface area (Å²) in [5, 5.41) is 9.47. The summed E-state index contributed by atoms with van der Waals surface area (Å²) in [7, 11) is 0. The number of alkyl halides is 2. The standard InChI is InChI=1S/C10H15F2O/c11-10(12)6-8(7-10)2-1-3-9(13)4-5-9/h2,8,13H,1,3-7H2. The van der Waals surface area contributed by atoms with E-state index in [4.69, 9.17) is 0 Å². The summed E-state index contributed by atoms with van der Waals surface area (Å²) in [4.78, 5) is 0. The van der Waals surface area contributed by atoms with Crippen molar-refractivity contribution in [2.45, 2.75) is 50.0 Å². The van der Waals surface area contributed by atoms with Crippen molar-refractivity contribution in [1.82, 2.24) is 0 Å². The highest BCUT2D eigenvalue weighted by Crippen LogP contribution is 2.46. The van der Waals surface area contributed by atoms with Gasteiger partial charge in [0.15, 0.2) is 0 Å². The number of hydrogen-bond donors (Lipinski definition) is 1. The van der Waals surface area contributed by atoms with Crippen molar-refractivity contribution in [2.75, 3.05) is 0 Å². The normalized spacial score (nSPS) is 29.8. The minimum absolute atomic E-state index is 0.0193. The van der Waals surface area contributed by atoms with Crippen molar-refractivity contribution >= 4 is 0 Å². The Morgan fingerprint density at radius 2 is 1.92 bits per heavy atom. The Kier molecular flexibility index (Phi) is 2.10. The molecule has 0 atom stereocenters. The van der Waals surface area contributed by atoms with E-state index in [0.29, 0.717) is 0 Å². The number of aliphatic hydroxyl groups is 1. The van der Waals surface area contributed by atoms with Crippen LogP contribution in [0.3, 0.4) is 0 Å². The molecule has 2 aliphatic rings. The van der Waals surface area contributed by atoms with Gasteiger partial charge in [-0.1, -0.05) is 0 Å². The van der Waals surface area contributed by atoms with Crippen molar-refractivity contribution in [2.24, 2.45) is 5.92 Å². The molecule has 0 unspecified atom stereocenters. The highest BCUT2D eigenvalue weighted by atomic mass is 19.3. The van der Waals surface area contributed by atoms with Gasteiger partial charge in [0, 0.05) is 12.8 Å². The highest BCUT2D eigenvalue weighted by Gasteiger charge is 2.45. The summed E-state index contributed by atoms with van der Waals surface area (Å²) in [6.07, 6.45) is 5.32. The topological polar surface area (TPSA) is 20.2 Å². The van der Waals surface area contributed by atoms with Gasteiger partial charge >= 0.3 is 0 Å². The van der Waals surface area contributed by atoms with E-state index in [1.54, 1.807) is 0 Å². The van der Waals surface area contributed by atoms with Gasteiger partial charge in [0.1, 0.15) is 0 Å². The van der Waals surface area contributed by atoms with Crippen LogP contribution in [0, 0.1) is 12.3 Å². The van der Waals surface area contributed by atoms with Crippen LogP contribution in [0.4, 0.5) is 8.78 Å². The number of halogens is 2. The zero-order valence-electron chi connectivity index (χ0n) is 7.60. The molecule has 0 aliphatic heterocycles. The lowest BCUT2D eigenvalue weighted by atomic mass is 9.78. The van der Waals surface area contributed by atoms with E-state index in [9.17, 15) is 13.9 Å². The van der Waals surface area contributed by atoms with Gasteiger partial charge in [-0.15, -0.1) is 0 Å². The summed E-state index contributed by atoms with van der Waals surface area (Å²) in [5.41, 5.74) is -0.428. The van der Waals surface area contributed by atoms with Crippen molar-refractivity contribution in [3.05, 3.63) is 6.42 Å². The van der Waals surface area contributed by atoms with Gasteiger partial charge in [-0.2, -0.15) is 0 Å². The maximum absolute atomic E-state index is 12.4. The monoisotopic (exact) mass is 189 g/mol. The van der Waals surface area contributed by atoms with Crippen LogP contribution in [-0.2, 0) is 0 Å². The van der Waals surface area contributed by atoms with Crippen LogP contribution >= 0.6 is 0 Å². The predicted molar refractivity (Wildman–Crippen MR) is 45.4 cm³/mol. The quantitative estimate of drug-likeness (QED) is 0.720. The van der Waals surface area contributed by atoms with Crippen molar-refractivity contribution < 1.29 is 13.9 Å². The van der Waals surface area contributed by atoms with Crippen LogP contribution in [0.5, 0.6) is 0 Å². The van der Waals surface area contributed by atoms with E-state index >= 15 is 0 Å². The minimum Gasteiger partial charge on any atom is -0.390 e. The van der Waals surface area contributed by atoms with Gasteiger partial charge in [-0.3, -0.25) is 0 Å².